The molecule has 0 unspecified atom stereocenters. The number of carbonyl (C=O) groups is 4. The summed E-state index contributed by atoms with van der Waals surface area (Å²) in [5, 5.41) is 17.0. The number of nitrogens with two attached hydrogens (primary N) is 1. The summed E-state index contributed by atoms with van der Waals surface area (Å²) in [6.45, 7) is 0. The molecule has 5 rings (SSSR count). The number of hydrogen-bond acceptors (Lipinski definition) is 8. The van der Waals surface area contributed by atoms with E-state index in [1.807, 2.05) is 0 Å². The Labute approximate surface area is 192 Å². The molecular formula is C22H19N5O7. The van der Waals surface area contributed by atoms with E-state index in [1.54, 1.807) is 24.3 Å². The zero-order valence-electron chi connectivity index (χ0n) is 17.8. The molecule has 4 N–H and O–H groups in total. The normalized spacial score (nSPS) is 27.0. The summed E-state index contributed by atoms with van der Waals surface area (Å²) in [6, 6.07) is 9.41. The van der Waals surface area contributed by atoms with Crippen molar-refractivity contribution in [3.63, 3.8) is 0 Å². The van der Waals surface area contributed by atoms with E-state index in [4.69, 9.17) is 10.5 Å². The van der Waals surface area contributed by atoms with Gasteiger partial charge in [-0.2, -0.15) is 0 Å². The van der Waals surface area contributed by atoms with Crippen LogP contribution in [0.1, 0.15) is 12.0 Å². The summed E-state index contributed by atoms with van der Waals surface area (Å²) in [4.78, 5) is 64.0. The van der Waals surface area contributed by atoms with Crippen LogP contribution in [0.2, 0.25) is 0 Å². The van der Waals surface area contributed by atoms with Crippen LogP contribution in [0.3, 0.4) is 0 Å². The number of amides is 4. The number of nitro benzene ring substituents is 1. The average molecular weight is 465 g/mol. The molecule has 3 aliphatic rings. The molecule has 1 spiro atoms. The van der Waals surface area contributed by atoms with Crippen molar-refractivity contribution in [2.75, 3.05) is 17.3 Å². The molecule has 3 aliphatic heterocycles. The summed E-state index contributed by atoms with van der Waals surface area (Å²) >= 11 is 0. The Morgan fingerprint density at radius 3 is 2.62 bits per heavy atom. The zero-order chi connectivity index (χ0) is 24.4. The van der Waals surface area contributed by atoms with Gasteiger partial charge in [0.05, 0.1) is 35.6 Å². The first-order chi connectivity index (χ1) is 16.2. The number of imide groups is 1. The number of nitro groups is 1. The van der Waals surface area contributed by atoms with E-state index < -0.39 is 52.0 Å². The van der Waals surface area contributed by atoms with E-state index in [2.05, 4.69) is 10.6 Å². The lowest BCUT2D eigenvalue weighted by Crippen LogP contribution is -2.53. The molecule has 12 heteroatoms. The van der Waals surface area contributed by atoms with Crippen LogP contribution in [0.15, 0.2) is 42.5 Å². The number of nitrogens with zero attached hydrogens (tertiary/aromatic N) is 2. The fourth-order valence-corrected chi connectivity index (χ4v) is 5.35. The molecule has 34 heavy (non-hydrogen) atoms. The van der Waals surface area contributed by atoms with Gasteiger partial charge < -0.3 is 15.8 Å². The fraction of sp³-hybridized carbons (Fsp3) is 0.273. The Balaban J connectivity index is 1.67. The summed E-state index contributed by atoms with van der Waals surface area (Å²) in [7, 11) is 1.26. The minimum atomic E-state index is -1.59. The van der Waals surface area contributed by atoms with Gasteiger partial charge in [0.25, 0.3) is 5.69 Å². The largest absolute Gasteiger partial charge is 0.494 e. The van der Waals surface area contributed by atoms with Crippen LogP contribution in [0.25, 0.3) is 0 Å². The van der Waals surface area contributed by atoms with Crippen molar-refractivity contribution < 1.29 is 28.8 Å². The SMILES string of the molecule is COc1cc([N+](=O)[O-])ccc1N1C(=O)[C@H]2[C@H](CC(N)=O)N[C@@]3(C(=O)Nc4ccccc43)[C@@H]2C1=O. The Bertz CT molecular complexity index is 1290. The molecule has 2 fully saturated rings. The number of fused-ring (bicyclic) bond motifs is 4. The van der Waals surface area contributed by atoms with Crippen molar-refractivity contribution in [2.24, 2.45) is 17.6 Å². The minimum Gasteiger partial charge on any atom is -0.494 e. The van der Waals surface area contributed by atoms with Crippen molar-refractivity contribution in [2.45, 2.75) is 18.0 Å². The third-order valence-electron chi connectivity index (χ3n) is 6.66. The van der Waals surface area contributed by atoms with Crippen molar-refractivity contribution >= 4 is 40.7 Å². The second-order valence-electron chi connectivity index (χ2n) is 8.36. The van der Waals surface area contributed by atoms with Gasteiger partial charge in [-0.05, 0) is 12.1 Å². The van der Waals surface area contributed by atoms with Crippen LogP contribution in [-0.2, 0) is 24.7 Å². The number of rotatable bonds is 5. The Hall–Kier alpha value is -4.32. The first-order valence-electron chi connectivity index (χ1n) is 10.4. The maximum Gasteiger partial charge on any atom is 0.273 e. The monoisotopic (exact) mass is 465 g/mol. The van der Waals surface area contributed by atoms with E-state index in [1.165, 1.54) is 13.2 Å². The molecule has 2 aromatic carbocycles. The summed E-state index contributed by atoms with van der Waals surface area (Å²) in [6.07, 6.45) is -0.275. The highest BCUT2D eigenvalue weighted by Crippen LogP contribution is 2.54. The molecule has 4 amide bonds. The number of para-hydroxylation sites is 1. The standard InChI is InChI=1S/C22H19N5O7/c1-34-15-8-10(27(32)33)6-7-14(15)26-19(29)17-13(9-16(23)28)25-22(18(17)20(26)30)11-4-2-3-5-12(11)24-21(22)31/h2-8,13,17-18,25H,9H2,1H3,(H2,23,28)(H,24,31)/t13-,17-,18-,22+/m0/s1. The number of ether oxygens (including phenoxy) is 1. The summed E-state index contributed by atoms with van der Waals surface area (Å²) < 4.78 is 5.23. The molecule has 0 bridgehead atoms. The lowest BCUT2D eigenvalue weighted by Gasteiger charge is -2.29. The van der Waals surface area contributed by atoms with Gasteiger partial charge in [0, 0.05) is 29.8 Å². The molecule has 2 aromatic rings. The number of carbonyl (C=O) groups excluding carboxylic acids is 4. The number of non-ortho nitro benzene ring substituents is 1. The van der Waals surface area contributed by atoms with Gasteiger partial charge in [0.1, 0.15) is 11.3 Å². The zero-order valence-corrected chi connectivity index (χ0v) is 17.8. The third kappa shape index (κ3) is 2.75. The molecule has 0 saturated carbocycles. The van der Waals surface area contributed by atoms with E-state index in [0.29, 0.717) is 11.3 Å². The smallest absolute Gasteiger partial charge is 0.273 e. The summed E-state index contributed by atoms with van der Waals surface area (Å²) in [5.74, 6) is -4.87. The molecule has 4 atom stereocenters. The van der Waals surface area contributed by atoms with Gasteiger partial charge >= 0.3 is 0 Å². The maximum absolute atomic E-state index is 13.8. The number of primary amides is 1. The van der Waals surface area contributed by atoms with Crippen LogP contribution < -0.4 is 26.0 Å². The van der Waals surface area contributed by atoms with Gasteiger partial charge in [-0.3, -0.25) is 34.6 Å². The maximum atomic E-state index is 13.8. The number of benzene rings is 2. The highest BCUT2D eigenvalue weighted by molar-refractivity contribution is 6.26. The average Bonchev–Trinajstić information content (AvgIpc) is 3.37. The van der Waals surface area contributed by atoms with Crippen LogP contribution in [-0.4, -0.2) is 41.7 Å². The van der Waals surface area contributed by atoms with Gasteiger partial charge in [0.15, 0.2) is 0 Å². The minimum absolute atomic E-state index is 0.0113. The fourth-order valence-electron chi connectivity index (χ4n) is 5.35. The first kappa shape index (κ1) is 21.5. The lowest BCUT2D eigenvalue weighted by atomic mass is 9.76. The first-order valence-corrected chi connectivity index (χ1v) is 10.4. The van der Waals surface area contributed by atoms with Gasteiger partial charge in [-0.1, -0.05) is 18.2 Å². The van der Waals surface area contributed by atoms with Crippen molar-refractivity contribution in [1.82, 2.24) is 5.32 Å². The predicted octanol–water partition coefficient (Wildman–Crippen LogP) is 0.404. The lowest BCUT2D eigenvalue weighted by molar-refractivity contribution is -0.384. The van der Waals surface area contributed by atoms with Crippen molar-refractivity contribution in [3.8, 4) is 5.75 Å². The van der Waals surface area contributed by atoms with Gasteiger partial charge in [0.2, 0.25) is 23.6 Å². The predicted molar refractivity (Wildman–Crippen MR) is 117 cm³/mol. The second kappa shape index (κ2) is 7.35. The third-order valence-corrected chi connectivity index (χ3v) is 6.66. The Kier molecular flexibility index (Phi) is 4.65. The molecule has 0 radical (unpaired) electrons. The van der Waals surface area contributed by atoms with E-state index in [-0.39, 0.29) is 23.5 Å². The van der Waals surface area contributed by atoms with Crippen LogP contribution in [0.4, 0.5) is 17.1 Å². The quantitative estimate of drug-likeness (QED) is 0.323. The van der Waals surface area contributed by atoms with E-state index >= 15 is 0 Å². The number of anilines is 2. The molecule has 174 valence electrons. The van der Waals surface area contributed by atoms with Crippen molar-refractivity contribution in [1.29, 1.82) is 0 Å². The molecular weight excluding hydrogens is 446 g/mol. The van der Waals surface area contributed by atoms with E-state index in [9.17, 15) is 29.3 Å². The number of methoxy groups -OCH3 is 1. The number of nitrogens with one attached hydrogen (secondary N) is 2. The van der Waals surface area contributed by atoms with Crippen LogP contribution in [0.5, 0.6) is 5.75 Å². The van der Waals surface area contributed by atoms with Gasteiger partial charge in [-0.15, -0.1) is 0 Å². The Morgan fingerprint density at radius 1 is 1.21 bits per heavy atom. The second-order valence-corrected chi connectivity index (χ2v) is 8.36. The van der Waals surface area contributed by atoms with E-state index in [0.717, 1.165) is 17.0 Å². The topological polar surface area (TPSA) is 174 Å². The molecule has 0 aliphatic carbocycles. The Morgan fingerprint density at radius 2 is 1.94 bits per heavy atom. The summed E-state index contributed by atoms with van der Waals surface area (Å²) in [5.41, 5.74) is 4.53. The molecule has 2 saturated heterocycles. The highest BCUT2D eigenvalue weighted by Gasteiger charge is 2.70. The van der Waals surface area contributed by atoms with Crippen LogP contribution >= 0.6 is 0 Å². The molecule has 3 heterocycles. The highest BCUT2D eigenvalue weighted by atomic mass is 16.6. The van der Waals surface area contributed by atoms with Gasteiger partial charge in [-0.25, -0.2) is 4.90 Å². The van der Waals surface area contributed by atoms with Crippen LogP contribution in [0, 0.1) is 22.0 Å². The van der Waals surface area contributed by atoms with Crippen molar-refractivity contribution in [3.05, 3.63) is 58.1 Å². The number of hydrogen-bond donors (Lipinski definition) is 3. The molecule has 0 aromatic heterocycles. The molecule has 12 nitrogen and oxygen atoms in total.